The molecule has 5 aromatic rings. The fourth-order valence-electron chi connectivity index (χ4n) is 6.04. The van der Waals surface area contributed by atoms with Crippen LogP contribution in [0.4, 0.5) is 23.4 Å². The molecule has 0 bridgehead atoms. The number of ether oxygens (including phenoxy) is 1. The molecule has 2 aromatic carbocycles. The number of rotatable bonds is 7. The fourth-order valence-corrected chi connectivity index (χ4v) is 6.30. The lowest BCUT2D eigenvalue weighted by Crippen LogP contribution is -2.55. The summed E-state index contributed by atoms with van der Waals surface area (Å²) in [6, 6.07) is 9.98. The number of benzene rings is 2. The third kappa shape index (κ3) is 6.42. The topological polar surface area (TPSA) is 93.5 Å². The molecule has 3 aromatic heterocycles. The van der Waals surface area contributed by atoms with Gasteiger partial charge in [0.2, 0.25) is 0 Å². The molecule has 0 N–H and O–H groups in total. The van der Waals surface area contributed by atoms with Crippen LogP contribution in [0.5, 0.6) is 5.75 Å². The van der Waals surface area contributed by atoms with Crippen LogP contribution >= 0.6 is 11.6 Å². The minimum atomic E-state index is -1.26. The van der Waals surface area contributed by atoms with Crippen LogP contribution in [0.15, 0.2) is 59.5 Å². The van der Waals surface area contributed by atoms with Gasteiger partial charge < -0.3 is 14.5 Å². The lowest BCUT2D eigenvalue weighted by molar-refractivity contribution is -0.134. The quantitative estimate of drug-likeness (QED) is 0.177. The number of nitrogens with zero attached hydrogens (tertiary/aromatic N) is 6. The van der Waals surface area contributed by atoms with E-state index >= 15 is 4.39 Å². The van der Waals surface area contributed by atoms with Crippen LogP contribution in [0, 0.1) is 30.2 Å². The normalized spacial score (nSPS) is 14.9. The molecule has 14 heteroatoms. The number of amides is 1. The lowest BCUT2D eigenvalue weighted by Gasteiger charge is -2.40. The van der Waals surface area contributed by atoms with Gasteiger partial charge in [-0.2, -0.15) is 4.98 Å². The highest BCUT2D eigenvalue weighted by Gasteiger charge is 2.31. The summed E-state index contributed by atoms with van der Waals surface area (Å²) in [6.07, 6.45) is 1.67. The Bertz CT molecular complexity index is 2140. The zero-order chi connectivity index (χ0) is 35.1. The molecule has 1 aliphatic rings. The van der Waals surface area contributed by atoms with Crippen LogP contribution < -0.4 is 15.3 Å². The van der Waals surface area contributed by atoms with Crippen molar-refractivity contribution in [3.05, 3.63) is 105 Å². The van der Waals surface area contributed by atoms with Crippen molar-refractivity contribution in [2.75, 3.05) is 31.1 Å². The maximum Gasteiger partial charge on any atom is 0.355 e. The fraction of sp³-hybridized carbons (Fsp3) is 0.286. The number of carbonyl (C=O) groups is 1. The molecule has 0 radical (unpaired) electrons. The molecule has 49 heavy (non-hydrogen) atoms. The first-order valence-electron chi connectivity index (χ1n) is 15.5. The first kappa shape index (κ1) is 33.8. The molecule has 1 unspecified atom stereocenters. The summed E-state index contributed by atoms with van der Waals surface area (Å²) in [5.41, 5.74) is 1.76. The number of hydrogen-bond donors (Lipinski definition) is 0. The minimum Gasteiger partial charge on any atom is -0.478 e. The van der Waals surface area contributed by atoms with E-state index in [0.717, 1.165) is 5.56 Å². The van der Waals surface area contributed by atoms with Gasteiger partial charge in [-0.15, -0.1) is 0 Å². The van der Waals surface area contributed by atoms with Gasteiger partial charge in [0.1, 0.15) is 17.5 Å². The zero-order valence-corrected chi connectivity index (χ0v) is 27.7. The first-order chi connectivity index (χ1) is 23.3. The number of piperazine rings is 1. The zero-order valence-electron chi connectivity index (χ0n) is 27.0. The molecule has 0 saturated carbocycles. The number of anilines is 1. The van der Waals surface area contributed by atoms with E-state index in [0.29, 0.717) is 28.9 Å². The second-order valence-corrected chi connectivity index (χ2v) is 12.5. The van der Waals surface area contributed by atoms with Gasteiger partial charge in [-0.25, -0.2) is 31.9 Å². The van der Waals surface area contributed by atoms with E-state index in [1.54, 1.807) is 36.5 Å². The second kappa shape index (κ2) is 13.5. The third-order valence-corrected chi connectivity index (χ3v) is 8.70. The highest BCUT2D eigenvalue weighted by atomic mass is 35.5. The standard InChI is InChI=1S/C35H31ClF4N6O3/c1-18(2)29-31(19(3)9-10-41-29)46-34-23(15-24(36)30(42-34)22-7-5-6-8-25(22)38)33(43-35(46)48)45-12-11-44(16-20(45)4)28(47)17-49-32-26(39)13-21(37)14-27(32)40/h5-10,13-15,18,20H,11-12,16-17H2,1-4H3. The van der Waals surface area contributed by atoms with E-state index in [-0.39, 0.29) is 53.3 Å². The van der Waals surface area contributed by atoms with E-state index in [9.17, 15) is 22.8 Å². The van der Waals surface area contributed by atoms with Gasteiger partial charge in [0.15, 0.2) is 29.6 Å². The number of halogens is 5. The Balaban J connectivity index is 1.40. The predicted octanol–water partition coefficient (Wildman–Crippen LogP) is 6.60. The van der Waals surface area contributed by atoms with Crippen LogP contribution in [0.3, 0.4) is 0 Å². The van der Waals surface area contributed by atoms with Gasteiger partial charge in [-0.3, -0.25) is 9.78 Å². The number of pyridine rings is 2. The van der Waals surface area contributed by atoms with E-state index in [1.165, 1.54) is 15.5 Å². The average Bonchev–Trinajstić information content (AvgIpc) is 3.04. The van der Waals surface area contributed by atoms with Crippen molar-refractivity contribution >= 4 is 34.4 Å². The Hall–Kier alpha value is -5.04. The summed E-state index contributed by atoms with van der Waals surface area (Å²) in [4.78, 5) is 44.3. The van der Waals surface area contributed by atoms with Crippen molar-refractivity contribution < 1.29 is 27.1 Å². The smallest absolute Gasteiger partial charge is 0.355 e. The molecule has 4 heterocycles. The van der Waals surface area contributed by atoms with E-state index in [2.05, 4.69) is 9.97 Å². The molecular weight excluding hydrogens is 664 g/mol. The number of aryl methyl sites for hydroxylation is 1. The van der Waals surface area contributed by atoms with Crippen molar-refractivity contribution in [1.82, 2.24) is 24.4 Å². The summed E-state index contributed by atoms with van der Waals surface area (Å²) in [6.45, 7) is 7.42. The predicted molar refractivity (Wildman–Crippen MR) is 177 cm³/mol. The largest absolute Gasteiger partial charge is 0.478 e. The van der Waals surface area contributed by atoms with Crippen LogP contribution in [-0.4, -0.2) is 62.6 Å². The van der Waals surface area contributed by atoms with E-state index < -0.39 is 53.3 Å². The Morgan fingerprint density at radius 3 is 2.41 bits per heavy atom. The Labute approximate surface area is 283 Å². The molecule has 1 amide bonds. The van der Waals surface area contributed by atoms with Gasteiger partial charge in [0, 0.05) is 49.6 Å². The van der Waals surface area contributed by atoms with Gasteiger partial charge in [0.25, 0.3) is 5.91 Å². The van der Waals surface area contributed by atoms with Gasteiger partial charge in [-0.1, -0.05) is 37.6 Å². The Morgan fingerprint density at radius 1 is 1.02 bits per heavy atom. The second-order valence-electron chi connectivity index (χ2n) is 12.1. The minimum absolute atomic E-state index is 0.0690. The Kier molecular flexibility index (Phi) is 9.30. The number of aromatic nitrogens is 4. The van der Waals surface area contributed by atoms with E-state index in [1.807, 2.05) is 32.6 Å². The number of hydrogen-bond acceptors (Lipinski definition) is 7. The van der Waals surface area contributed by atoms with E-state index in [4.69, 9.17) is 21.3 Å². The Morgan fingerprint density at radius 2 is 1.73 bits per heavy atom. The molecule has 0 spiro atoms. The summed E-state index contributed by atoms with van der Waals surface area (Å²) >= 11 is 6.77. The average molecular weight is 695 g/mol. The molecule has 1 fully saturated rings. The van der Waals surface area contributed by atoms with Crippen LogP contribution in [0.1, 0.15) is 37.9 Å². The molecule has 1 aliphatic heterocycles. The maximum atomic E-state index is 15.0. The summed E-state index contributed by atoms with van der Waals surface area (Å²) in [5, 5.41) is 0.552. The monoisotopic (exact) mass is 694 g/mol. The van der Waals surface area contributed by atoms with Crippen LogP contribution in [-0.2, 0) is 4.79 Å². The summed E-state index contributed by atoms with van der Waals surface area (Å²) in [7, 11) is 0. The van der Waals surface area contributed by atoms with Gasteiger partial charge >= 0.3 is 5.69 Å². The van der Waals surface area contributed by atoms with Gasteiger partial charge in [0.05, 0.1) is 27.5 Å². The molecule has 0 aliphatic carbocycles. The third-order valence-electron chi connectivity index (χ3n) is 8.41. The summed E-state index contributed by atoms with van der Waals surface area (Å²) < 4.78 is 62.9. The van der Waals surface area contributed by atoms with Crippen molar-refractivity contribution in [3.63, 3.8) is 0 Å². The van der Waals surface area contributed by atoms with Gasteiger partial charge in [-0.05, 0) is 49.6 Å². The number of fused-ring (bicyclic) bond motifs is 1. The molecule has 6 rings (SSSR count). The van der Waals surface area contributed by atoms with Crippen molar-refractivity contribution in [2.24, 2.45) is 0 Å². The lowest BCUT2D eigenvalue weighted by atomic mass is 10.0. The number of carbonyl (C=O) groups excluding carboxylic acids is 1. The van der Waals surface area contributed by atoms with Crippen LogP contribution in [0.2, 0.25) is 5.02 Å². The molecule has 1 saturated heterocycles. The van der Waals surface area contributed by atoms with Crippen molar-refractivity contribution in [1.29, 1.82) is 0 Å². The SMILES string of the molecule is Cc1ccnc(C(C)C)c1-n1c(=O)nc(N2CCN(C(=O)COc3c(F)cc(F)cc3F)CC2C)c2cc(Cl)c(-c3ccccc3F)nc21. The highest BCUT2D eigenvalue weighted by molar-refractivity contribution is 6.33. The van der Waals surface area contributed by atoms with Crippen molar-refractivity contribution in [2.45, 2.75) is 39.7 Å². The maximum absolute atomic E-state index is 15.0. The molecule has 9 nitrogen and oxygen atoms in total. The molecule has 1 atom stereocenters. The first-order valence-corrected chi connectivity index (χ1v) is 15.9. The van der Waals surface area contributed by atoms with Crippen molar-refractivity contribution in [3.8, 4) is 22.7 Å². The molecular formula is C35H31ClF4N6O3. The molecule has 254 valence electrons. The highest BCUT2D eigenvalue weighted by Crippen LogP contribution is 2.36. The van der Waals surface area contributed by atoms with Crippen LogP contribution in [0.25, 0.3) is 28.0 Å². The summed E-state index contributed by atoms with van der Waals surface area (Å²) in [5.74, 6) is -5.36.